The molecule has 3 rings (SSSR count). The fourth-order valence-corrected chi connectivity index (χ4v) is 2.28. The van der Waals surface area contributed by atoms with Crippen molar-refractivity contribution in [2.24, 2.45) is 0 Å². The summed E-state index contributed by atoms with van der Waals surface area (Å²) in [6, 6.07) is 8.22. The first-order valence-electron chi connectivity index (χ1n) is 6.75. The molecule has 2 heterocycles. The summed E-state index contributed by atoms with van der Waals surface area (Å²) in [7, 11) is 0. The summed E-state index contributed by atoms with van der Waals surface area (Å²) in [6.07, 6.45) is 1.08. The number of hydrogen-bond acceptors (Lipinski definition) is 5. The molecule has 1 aromatic carbocycles. The van der Waals surface area contributed by atoms with Gasteiger partial charge in [-0.05, 0) is 18.6 Å². The van der Waals surface area contributed by atoms with Gasteiger partial charge in [0.25, 0.3) is 0 Å². The fourth-order valence-electron chi connectivity index (χ4n) is 2.28. The topological polar surface area (TPSA) is 84.3 Å². The van der Waals surface area contributed by atoms with Crippen LogP contribution in [-0.2, 0) is 19.6 Å². The maximum absolute atomic E-state index is 4.69. The van der Waals surface area contributed by atoms with Crippen molar-refractivity contribution in [1.29, 1.82) is 0 Å². The highest BCUT2D eigenvalue weighted by atomic mass is 15.5. The van der Waals surface area contributed by atoms with Crippen LogP contribution in [0.15, 0.2) is 24.3 Å². The van der Waals surface area contributed by atoms with E-state index in [0.29, 0.717) is 18.9 Å². The molecule has 0 radical (unpaired) electrons. The molecule has 3 aromatic rings. The van der Waals surface area contributed by atoms with Crippen LogP contribution in [0.4, 0.5) is 0 Å². The predicted molar refractivity (Wildman–Crippen MR) is 74.7 cm³/mol. The van der Waals surface area contributed by atoms with E-state index in [4.69, 9.17) is 0 Å². The quantitative estimate of drug-likeness (QED) is 0.705. The van der Waals surface area contributed by atoms with Gasteiger partial charge in [0.15, 0.2) is 5.82 Å². The number of nitrogens with zero attached hydrogens (tertiary/aromatic N) is 5. The Morgan fingerprint density at radius 1 is 1.25 bits per heavy atom. The normalized spacial score (nSPS) is 11.2. The van der Waals surface area contributed by atoms with Crippen LogP contribution in [0.25, 0.3) is 11.0 Å². The zero-order valence-corrected chi connectivity index (χ0v) is 11.4. The number of H-pyrrole nitrogens is 1. The van der Waals surface area contributed by atoms with E-state index in [1.807, 2.05) is 18.2 Å². The van der Waals surface area contributed by atoms with E-state index in [9.17, 15) is 0 Å². The summed E-state index contributed by atoms with van der Waals surface area (Å²) < 4.78 is 2.26. The van der Waals surface area contributed by atoms with Crippen molar-refractivity contribution < 1.29 is 0 Å². The third-order valence-corrected chi connectivity index (χ3v) is 3.14. The van der Waals surface area contributed by atoms with Gasteiger partial charge < -0.3 is 9.88 Å². The van der Waals surface area contributed by atoms with Gasteiger partial charge in [0.1, 0.15) is 5.82 Å². The Morgan fingerprint density at radius 2 is 2.15 bits per heavy atom. The molecule has 20 heavy (non-hydrogen) atoms. The molecule has 2 N–H and O–H groups in total. The average Bonchev–Trinajstić information content (AvgIpc) is 3.08. The van der Waals surface area contributed by atoms with E-state index >= 15 is 0 Å². The number of aryl methyl sites for hydroxylation is 1. The molecular weight excluding hydrogens is 254 g/mol. The molecule has 0 bridgehead atoms. The largest absolute Gasteiger partial charge is 0.327 e. The molecule has 0 aliphatic carbocycles. The van der Waals surface area contributed by atoms with Crippen LogP contribution in [0.3, 0.4) is 0 Å². The van der Waals surface area contributed by atoms with Crippen molar-refractivity contribution in [1.82, 2.24) is 35.5 Å². The Kier molecular flexibility index (Phi) is 3.69. The van der Waals surface area contributed by atoms with Crippen molar-refractivity contribution in [2.75, 3.05) is 0 Å². The monoisotopic (exact) mass is 271 g/mol. The Labute approximate surface area is 116 Å². The van der Waals surface area contributed by atoms with Gasteiger partial charge in [-0.2, -0.15) is 5.21 Å². The Hall–Kier alpha value is -2.28. The molecule has 0 atom stereocenters. The van der Waals surface area contributed by atoms with Crippen molar-refractivity contribution >= 4 is 11.0 Å². The smallest absolute Gasteiger partial charge is 0.188 e. The molecule has 0 amide bonds. The minimum atomic E-state index is 0.575. The first kappa shape index (κ1) is 12.7. The molecule has 0 saturated heterocycles. The lowest BCUT2D eigenvalue weighted by atomic mass is 10.3. The van der Waals surface area contributed by atoms with Crippen LogP contribution in [0, 0.1) is 0 Å². The Bertz CT molecular complexity index is 671. The number of imidazole rings is 1. The van der Waals surface area contributed by atoms with Gasteiger partial charge in [-0.25, -0.2) is 4.98 Å². The van der Waals surface area contributed by atoms with Crippen molar-refractivity contribution in [2.45, 2.75) is 33.0 Å². The van der Waals surface area contributed by atoms with Crippen LogP contribution in [-0.4, -0.2) is 30.2 Å². The van der Waals surface area contributed by atoms with Gasteiger partial charge in [0.05, 0.1) is 24.1 Å². The van der Waals surface area contributed by atoms with Crippen LogP contribution in [0.5, 0.6) is 0 Å². The number of benzene rings is 1. The van der Waals surface area contributed by atoms with E-state index in [1.54, 1.807) is 0 Å². The van der Waals surface area contributed by atoms with E-state index < -0.39 is 0 Å². The lowest BCUT2D eigenvalue weighted by Gasteiger charge is -2.07. The Morgan fingerprint density at radius 3 is 2.95 bits per heavy atom. The molecule has 0 unspecified atom stereocenters. The maximum atomic E-state index is 4.69. The first-order chi connectivity index (χ1) is 9.88. The second-order valence-electron chi connectivity index (χ2n) is 4.60. The molecule has 2 aromatic heterocycles. The number of nitrogens with one attached hydrogen (secondary N) is 2. The van der Waals surface area contributed by atoms with E-state index in [2.05, 4.69) is 48.5 Å². The zero-order valence-electron chi connectivity index (χ0n) is 11.4. The standard InChI is InChI=1S/C13H17N7/c1-2-7-20-11-6-4-3-5-10(11)15-13(20)9-14-8-12-16-18-19-17-12/h3-6,14H,2,7-9H2,1H3,(H,16,17,18,19). The first-order valence-corrected chi connectivity index (χ1v) is 6.75. The molecule has 104 valence electrons. The maximum Gasteiger partial charge on any atom is 0.188 e. The minimum Gasteiger partial charge on any atom is -0.327 e. The number of fused-ring (bicyclic) bond motifs is 1. The zero-order chi connectivity index (χ0) is 13.8. The molecule has 7 nitrogen and oxygen atoms in total. The molecule has 0 aliphatic rings. The third-order valence-electron chi connectivity index (χ3n) is 3.14. The number of para-hydroxylation sites is 2. The summed E-state index contributed by atoms with van der Waals surface area (Å²) in [4.78, 5) is 4.69. The number of tetrazole rings is 1. The van der Waals surface area contributed by atoms with Gasteiger partial charge in [0.2, 0.25) is 0 Å². The van der Waals surface area contributed by atoms with Gasteiger partial charge in [-0.15, -0.1) is 10.2 Å². The molecule has 0 aliphatic heterocycles. The molecular formula is C13H17N7. The van der Waals surface area contributed by atoms with Crippen molar-refractivity contribution in [3.8, 4) is 0 Å². The number of aromatic amines is 1. The average molecular weight is 271 g/mol. The molecule has 0 spiro atoms. The second-order valence-corrected chi connectivity index (χ2v) is 4.60. The second kappa shape index (κ2) is 5.79. The number of aromatic nitrogens is 6. The van der Waals surface area contributed by atoms with Crippen molar-refractivity contribution in [3.05, 3.63) is 35.9 Å². The summed E-state index contributed by atoms with van der Waals surface area (Å²) in [5.41, 5.74) is 2.23. The van der Waals surface area contributed by atoms with Gasteiger partial charge in [0, 0.05) is 6.54 Å². The highest BCUT2D eigenvalue weighted by Gasteiger charge is 2.09. The van der Waals surface area contributed by atoms with E-state index in [0.717, 1.165) is 24.3 Å². The molecule has 0 fully saturated rings. The lowest BCUT2D eigenvalue weighted by Crippen LogP contribution is -2.17. The minimum absolute atomic E-state index is 0.575. The van der Waals surface area contributed by atoms with Crippen molar-refractivity contribution in [3.63, 3.8) is 0 Å². The van der Waals surface area contributed by atoms with Gasteiger partial charge in [-0.1, -0.05) is 24.3 Å². The summed E-state index contributed by atoms with van der Waals surface area (Å²) in [5.74, 6) is 1.69. The van der Waals surface area contributed by atoms with Crippen LogP contribution in [0.1, 0.15) is 25.0 Å². The summed E-state index contributed by atoms with van der Waals surface area (Å²) >= 11 is 0. The lowest BCUT2D eigenvalue weighted by molar-refractivity contribution is 0.588. The number of hydrogen-bond donors (Lipinski definition) is 2. The van der Waals surface area contributed by atoms with E-state index in [-0.39, 0.29) is 0 Å². The summed E-state index contributed by atoms with van der Waals surface area (Å²) in [6.45, 7) is 4.40. The SMILES string of the molecule is CCCn1c(CNCc2nn[nH]n2)nc2ccccc21. The Balaban J connectivity index is 1.77. The predicted octanol–water partition coefficient (Wildman–Crippen LogP) is 1.25. The summed E-state index contributed by atoms with van der Waals surface area (Å²) in [5, 5.41) is 17.1. The van der Waals surface area contributed by atoms with Crippen LogP contribution in [0.2, 0.25) is 0 Å². The molecule has 0 saturated carbocycles. The van der Waals surface area contributed by atoms with Gasteiger partial charge >= 0.3 is 0 Å². The number of rotatable bonds is 6. The molecule has 7 heteroatoms. The fraction of sp³-hybridized carbons (Fsp3) is 0.385. The van der Waals surface area contributed by atoms with Crippen LogP contribution < -0.4 is 5.32 Å². The highest BCUT2D eigenvalue weighted by molar-refractivity contribution is 5.75. The third kappa shape index (κ3) is 2.53. The van der Waals surface area contributed by atoms with Crippen LogP contribution >= 0.6 is 0 Å². The van der Waals surface area contributed by atoms with Gasteiger partial charge in [-0.3, -0.25) is 0 Å². The highest BCUT2D eigenvalue weighted by Crippen LogP contribution is 2.16. The van der Waals surface area contributed by atoms with E-state index in [1.165, 1.54) is 5.52 Å².